The second-order valence-corrected chi connectivity index (χ2v) is 6.65. The normalized spacial score (nSPS) is 12.2. The van der Waals surface area contributed by atoms with Crippen LogP contribution in [0.2, 0.25) is 0 Å². The van der Waals surface area contributed by atoms with Crippen molar-refractivity contribution < 1.29 is 4.79 Å². The molecule has 4 rings (SSSR count). The van der Waals surface area contributed by atoms with Gasteiger partial charge in [0, 0.05) is 6.20 Å². The Morgan fingerprint density at radius 2 is 2.00 bits per heavy atom. The number of thiophene rings is 1. The Morgan fingerprint density at radius 1 is 1.16 bits per heavy atom. The van der Waals surface area contributed by atoms with Crippen LogP contribution in [0.25, 0.3) is 16.2 Å². The number of benzene rings is 1. The monoisotopic (exact) mass is 348 g/mol. The summed E-state index contributed by atoms with van der Waals surface area (Å²) in [6, 6.07) is 15.7. The largest absolute Gasteiger partial charge is 0.345 e. The SMILES string of the molecule is CC(NC(=O)c1cnn2c(-c3cccs3)ccnc12)c1ccccc1. The van der Waals surface area contributed by atoms with Crippen LogP contribution in [0.15, 0.2) is 66.3 Å². The Balaban J connectivity index is 1.66. The van der Waals surface area contributed by atoms with Crippen LogP contribution in [0, 0.1) is 0 Å². The van der Waals surface area contributed by atoms with Crippen molar-refractivity contribution >= 4 is 22.9 Å². The number of carbonyl (C=O) groups excluding carboxylic acids is 1. The molecular weight excluding hydrogens is 332 g/mol. The maximum absolute atomic E-state index is 12.7. The molecule has 6 heteroatoms. The van der Waals surface area contributed by atoms with Crippen LogP contribution in [0.3, 0.4) is 0 Å². The number of rotatable bonds is 4. The Kier molecular flexibility index (Phi) is 4.03. The van der Waals surface area contributed by atoms with Gasteiger partial charge >= 0.3 is 0 Å². The van der Waals surface area contributed by atoms with Crippen LogP contribution in [-0.4, -0.2) is 20.5 Å². The first kappa shape index (κ1) is 15.5. The Morgan fingerprint density at radius 3 is 2.76 bits per heavy atom. The van der Waals surface area contributed by atoms with E-state index in [4.69, 9.17) is 0 Å². The lowest BCUT2D eigenvalue weighted by molar-refractivity contribution is 0.0941. The van der Waals surface area contributed by atoms with Gasteiger partial charge in [0.05, 0.1) is 22.8 Å². The smallest absolute Gasteiger partial charge is 0.257 e. The van der Waals surface area contributed by atoms with Gasteiger partial charge in [0.1, 0.15) is 5.56 Å². The first-order valence-electron chi connectivity index (χ1n) is 7.96. The lowest BCUT2D eigenvalue weighted by Gasteiger charge is -2.13. The van der Waals surface area contributed by atoms with Gasteiger partial charge in [-0.15, -0.1) is 11.3 Å². The highest BCUT2D eigenvalue weighted by atomic mass is 32.1. The Labute approximate surface area is 149 Å². The molecular formula is C19H16N4OS. The number of nitrogens with zero attached hydrogens (tertiary/aromatic N) is 3. The predicted molar refractivity (Wildman–Crippen MR) is 98.6 cm³/mol. The summed E-state index contributed by atoms with van der Waals surface area (Å²) in [5.41, 5.74) is 3.01. The van der Waals surface area contributed by atoms with E-state index in [0.29, 0.717) is 11.2 Å². The molecule has 0 aliphatic heterocycles. The molecule has 0 aliphatic rings. The van der Waals surface area contributed by atoms with Gasteiger partial charge in [-0.25, -0.2) is 9.50 Å². The highest BCUT2D eigenvalue weighted by molar-refractivity contribution is 7.13. The van der Waals surface area contributed by atoms with Gasteiger partial charge < -0.3 is 5.32 Å². The lowest BCUT2D eigenvalue weighted by atomic mass is 10.1. The standard InChI is InChI=1S/C19H16N4OS/c1-13(14-6-3-2-4-7-14)22-19(24)15-12-21-23-16(9-10-20-18(15)23)17-8-5-11-25-17/h2-13H,1H3,(H,22,24). The van der Waals surface area contributed by atoms with E-state index in [-0.39, 0.29) is 11.9 Å². The van der Waals surface area contributed by atoms with Crippen LogP contribution in [0.4, 0.5) is 0 Å². The fourth-order valence-electron chi connectivity index (χ4n) is 2.76. The average Bonchev–Trinajstić information content (AvgIpc) is 3.32. The summed E-state index contributed by atoms with van der Waals surface area (Å²) >= 11 is 1.63. The molecule has 0 saturated heterocycles. The molecule has 0 spiro atoms. The van der Waals surface area contributed by atoms with Gasteiger partial charge in [0.25, 0.3) is 5.91 Å². The van der Waals surface area contributed by atoms with Crippen molar-refractivity contribution in [2.24, 2.45) is 0 Å². The highest BCUT2D eigenvalue weighted by Gasteiger charge is 2.18. The number of carbonyl (C=O) groups is 1. The van der Waals surface area contributed by atoms with Gasteiger partial charge in [-0.3, -0.25) is 4.79 Å². The third kappa shape index (κ3) is 2.92. The van der Waals surface area contributed by atoms with Gasteiger partial charge in [-0.05, 0) is 30.0 Å². The van der Waals surface area contributed by atoms with Crippen molar-refractivity contribution in [3.63, 3.8) is 0 Å². The molecule has 3 heterocycles. The van der Waals surface area contributed by atoms with E-state index in [0.717, 1.165) is 16.1 Å². The molecule has 5 nitrogen and oxygen atoms in total. The number of nitrogens with one attached hydrogen (secondary N) is 1. The molecule has 0 radical (unpaired) electrons. The molecule has 1 aromatic carbocycles. The predicted octanol–water partition coefficient (Wildman–Crippen LogP) is 3.95. The third-order valence-electron chi connectivity index (χ3n) is 4.07. The maximum Gasteiger partial charge on any atom is 0.257 e. The minimum absolute atomic E-state index is 0.0934. The zero-order valence-electron chi connectivity index (χ0n) is 13.6. The van der Waals surface area contributed by atoms with Crippen molar-refractivity contribution in [1.29, 1.82) is 0 Å². The average molecular weight is 348 g/mol. The first-order chi connectivity index (χ1) is 12.2. The summed E-state index contributed by atoms with van der Waals surface area (Å²) in [7, 11) is 0. The molecule has 124 valence electrons. The highest BCUT2D eigenvalue weighted by Crippen LogP contribution is 2.25. The molecule has 0 saturated carbocycles. The van der Waals surface area contributed by atoms with Crippen LogP contribution in [0.5, 0.6) is 0 Å². The summed E-state index contributed by atoms with van der Waals surface area (Å²) < 4.78 is 1.72. The van der Waals surface area contributed by atoms with E-state index in [1.807, 2.05) is 60.8 Å². The Hall–Kier alpha value is -2.99. The van der Waals surface area contributed by atoms with Crippen molar-refractivity contribution in [2.45, 2.75) is 13.0 Å². The van der Waals surface area contributed by atoms with E-state index in [1.165, 1.54) is 0 Å². The first-order valence-corrected chi connectivity index (χ1v) is 8.84. The number of amides is 1. The topological polar surface area (TPSA) is 59.3 Å². The molecule has 1 unspecified atom stereocenters. The molecule has 0 aliphatic carbocycles. The van der Waals surface area contributed by atoms with Crippen molar-refractivity contribution in [3.8, 4) is 10.6 Å². The summed E-state index contributed by atoms with van der Waals surface area (Å²) in [5.74, 6) is -0.179. The van der Waals surface area contributed by atoms with Crippen LogP contribution in [0.1, 0.15) is 28.9 Å². The molecule has 1 amide bonds. The van der Waals surface area contributed by atoms with Gasteiger partial charge in [0.2, 0.25) is 0 Å². The van der Waals surface area contributed by atoms with E-state index >= 15 is 0 Å². The van der Waals surface area contributed by atoms with E-state index in [9.17, 15) is 4.79 Å². The Bertz CT molecular complexity index is 1010. The molecule has 4 aromatic rings. The molecule has 1 N–H and O–H groups in total. The third-order valence-corrected chi connectivity index (χ3v) is 4.96. The van der Waals surface area contributed by atoms with Crippen molar-refractivity contribution in [1.82, 2.24) is 19.9 Å². The fourth-order valence-corrected chi connectivity index (χ4v) is 3.50. The zero-order chi connectivity index (χ0) is 17.2. The second kappa shape index (κ2) is 6.49. The van der Waals surface area contributed by atoms with E-state index in [1.54, 1.807) is 28.2 Å². The van der Waals surface area contributed by atoms with Crippen molar-refractivity contribution in [3.05, 3.63) is 77.4 Å². The number of fused-ring (bicyclic) bond motifs is 1. The maximum atomic E-state index is 12.7. The van der Waals surface area contributed by atoms with E-state index in [2.05, 4.69) is 15.4 Å². The fraction of sp³-hybridized carbons (Fsp3) is 0.105. The minimum Gasteiger partial charge on any atom is -0.345 e. The molecule has 25 heavy (non-hydrogen) atoms. The van der Waals surface area contributed by atoms with Gasteiger partial charge in [0.15, 0.2) is 5.65 Å². The molecule has 0 bridgehead atoms. The molecule has 0 fully saturated rings. The number of hydrogen-bond acceptors (Lipinski definition) is 4. The van der Waals surface area contributed by atoms with Crippen LogP contribution < -0.4 is 5.32 Å². The van der Waals surface area contributed by atoms with Gasteiger partial charge in [-0.2, -0.15) is 5.10 Å². The van der Waals surface area contributed by atoms with Gasteiger partial charge in [-0.1, -0.05) is 36.4 Å². The van der Waals surface area contributed by atoms with Crippen molar-refractivity contribution in [2.75, 3.05) is 0 Å². The molecule has 1 atom stereocenters. The summed E-state index contributed by atoms with van der Waals surface area (Å²) in [4.78, 5) is 18.1. The second-order valence-electron chi connectivity index (χ2n) is 5.71. The summed E-state index contributed by atoms with van der Waals surface area (Å²) in [6.07, 6.45) is 3.29. The van der Waals surface area contributed by atoms with Crippen LogP contribution in [-0.2, 0) is 0 Å². The molecule has 3 aromatic heterocycles. The number of hydrogen-bond donors (Lipinski definition) is 1. The van der Waals surface area contributed by atoms with E-state index < -0.39 is 0 Å². The summed E-state index contributed by atoms with van der Waals surface area (Å²) in [5, 5.41) is 9.41. The lowest BCUT2D eigenvalue weighted by Crippen LogP contribution is -2.26. The number of aromatic nitrogens is 3. The zero-order valence-corrected chi connectivity index (χ0v) is 14.4. The minimum atomic E-state index is -0.179. The quantitative estimate of drug-likeness (QED) is 0.607. The summed E-state index contributed by atoms with van der Waals surface area (Å²) in [6.45, 7) is 1.96. The van der Waals surface area contributed by atoms with Crippen LogP contribution >= 0.6 is 11.3 Å².